The third-order valence-corrected chi connectivity index (χ3v) is 0.588. The largest absolute Gasteiger partial charge is 0.353 e. The smallest absolute Gasteiger partial charge is 0.251 e. The average Bonchev–Trinajstić information content (AvgIpc) is 1.83. The minimum absolute atomic E-state index is 0.350. The molecule has 0 spiro atoms. The molecule has 4 heteroatoms. The minimum atomic E-state index is -0.958. The molecule has 0 aliphatic heterocycles. The maximum Gasteiger partial charge on any atom is 0.251 e. The van der Waals surface area contributed by atoms with Crippen LogP contribution in [-0.2, 0) is 4.79 Å². The number of carbonyl (C=O) groups is 1. The molecule has 1 amide bonds. The molecule has 0 aliphatic rings. The van der Waals surface area contributed by atoms with Crippen LogP contribution in [0, 0.1) is 0 Å². The van der Waals surface area contributed by atoms with E-state index in [1.165, 1.54) is 0 Å². The molecular formula is C4H9FN2O. The summed E-state index contributed by atoms with van der Waals surface area (Å²) in [5, 5.41) is 2.24. The maximum absolute atomic E-state index is 11.3. The summed E-state index contributed by atoms with van der Waals surface area (Å²) in [6.07, 6.45) is 0. The number of nitrogens with two attached hydrogens (primary N) is 1. The second-order valence-corrected chi connectivity index (χ2v) is 1.27. The van der Waals surface area contributed by atoms with Gasteiger partial charge in [-0.1, -0.05) is 0 Å². The number of carbonyl (C=O) groups excluding carboxylic acids is 1. The third kappa shape index (κ3) is 3.55. The molecule has 0 aromatic carbocycles. The second-order valence-electron chi connectivity index (χ2n) is 1.27. The summed E-state index contributed by atoms with van der Waals surface area (Å²) in [5.74, 6) is -0.601. The highest BCUT2D eigenvalue weighted by atomic mass is 19.1. The van der Waals surface area contributed by atoms with Gasteiger partial charge in [-0.2, -0.15) is 0 Å². The lowest BCUT2D eigenvalue weighted by molar-refractivity contribution is -0.121. The molecule has 0 aromatic rings. The number of hydrogen-bond donors (Lipinski definition) is 2. The first kappa shape index (κ1) is 7.36. The van der Waals surface area contributed by atoms with E-state index >= 15 is 0 Å². The normalized spacial score (nSPS) is 8.75. The van der Waals surface area contributed by atoms with Crippen molar-refractivity contribution in [1.82, 2.24) is 5.32 Å². The fraction of sp³-hybridized carbons (Fsp3) is 0.750. The van der Waals surface area contributed by atoms with Crippen molar-refractivity contribution < 1.29 is 9.18 Å². The van der Waals surface area contributed by atoms with Crippen molar-refractivity contribution in [3.63, 3.8) is 0 Å². The van der Waals surface area contributed by atoms with Gasteiger partial charge >= 0.3 is 0 Å². The van der Waals surface area contributed by atoms with E-state index in [2.05, 4.69) is 5.32 Å². The van der Waals surface area contributed by atoms with Gasteiger partial charge in [-0.15, -0.1) is 0 Å². The van der Waals surface area contributed by atoms with Crippen molar-refractivity contribution in [2.45, 2.75) is 0 Å². The predicted molar refractivity (Wildman–Crippen MR) is 28.0 cm³/mol. The van der Waals surface area contributed by atoms with E-state index in [1.807, 2.05) is 0 Å². The van der Waals surface area contributed by atoms with Gasteiger partial charge in [-0.3, -0.25) is 4.79 Å². The van der Waals surface area contributed by atoms with Crippen LogP contribution in [0.15, 0.2) is 0 Å². The lowest BCUT2D eigenvalue weighted by Gasteiger charge is -1.95. The van der Waals surface area contributed by atoms with E-state index in [9.17, 15) is 9.18 Å². The lowest BCUT2D eigenvalue weighted by atomic mass is 10.6. The van der Waals surface area contributed by atoms with E-state index in [-0.39, 0.29) is 0 Å². The average molecular weight is 120 g/mol. The van der Waals surface area contributed by atoms with Crippen molar-refractivity contribution in [2.24, 2.45) is 5.73 Å². The fourth-order valence-corrected chi connectivity index (χ4v) is 0.259. The van der Waals surface area contributed by atoms with Gasteiger partial charge in [0.15, 0.2) is 6.67 Å². The van der Waals surface area contributed by atoms with Gasteiger partial charge in [-0.25, -0.2) is 4.39 Å². The van der Waals surface area contributed by atoms with Gasteiger partial charge in [0, 0.05) is 13.1 Å². The molecule has 3 nitrogen and oxygen atoms in total. The van der Waals surface area contributed by atoms with Crippen LogP contribution >= 0.6 is 0 Å². The first-order valence-corrected chi connectivity index (χ1v) is 2.34. The number of hydrogen-bond acceptors (Lipinski definition) is 2. The topological polar surface area (TPSA) is 55.1 Å². The van der Waals surface area contributed by atoms with Crippen LogP contribution in [0.1, 0.15) is 0 Å². The molecule has 0 aliphatic carbocycles. The standard InChI is InChI=1S/C4H9FN2O/c5-3-4(8)7-2-1-6/h1-3,6H2,(H,7,8). The monoisotopic (exact) mass is 120 g/mol. The Morgan fingerprint density at radius 1 is 1.75 bits per heavy atom. The summed E-state index contributed by atoms with van der Waals surface area (Å²) < 4.78 is 11.3. The zero-order valence-corrected chi connectivity index (χ0v) is 4.48. The Morgan fingerprint density at radius 2 is 2.38 bits per heavy atom. The van der Waals surface area contributed by atoms with Gasteiger partial charge in [-0.05, 0) is 0 Å². The van der Waals surface area contributed by atoms with Crippen LogP contribution in [-0.4, -0.2) is 25.7 Å². The van der Waals surface area contributed by atoms with Crippen LogP contribution in [0.4, 0.5) is 4.39 Å². The summed E-state index contributed by atoms with van der Waals surface area (Å²) in [4.78, 5) is 10.0. The van der Waals surface area contributed by atoms with E-state index in [4.69, 9.17) is 5.73 Å². The highest BCUT2D eigenvalue weighted by Crippen LogP contribution is 1.65. The lowest BCUT2D eigenvalue weighted by Crippen LogP contribution is -2.29. The number of nitrogens with one attached hydrogen (secondary N) is 1. The zero-order chi connectivity index (χ0) is 6.41. The number of rotatable bonds is 3. The molecule has 0 radical (unpaired) electrons. The highest BCUT2D eigenvalue weighted by molar-refractivity contribution is 5.76. The molecule has 0 heterocycles. The van der Waals surface area contributed by atoms with Gasteiger partial charge in [0.2, 0.25) is 0 Å². The summed E-state index contributed by atoms with van der Waals surface area (Å²) in [6, 6.07) is 0. The molecule has 0 fully saturated rings. The van der Waals surface area contributed by atoms with Crippen molar-refractivity contribution in [1.29, 1.82) is 0 Å². The molecule has 48 valence electrons. The summed E-state index contributed by atoms with van der Waals surface area (Å²) in [6.45, 7) is -0.255. The van der Waals surface area contributed by atoms with E-state index in [1.54, 1.807) is 0 Å². The first-order valence-electron chi connectivity index (χ1n) is 2.34. The molecule has 8 heavy (non-hydrogen) atoms. The van der Waals surface area contributed by atoms with Crippen molar-refractivity contribution in [3.8, 4) is 0 Å². The molecule has 0 saturated carbocycles. The van der Waals surface area contributed by atoms with Crippen LogP contribution in [0.5, 0.6) is 0 Å². The van der Waals surface area contributed by atoms with Crippen LogP contribution in [0.3, 0.4) is 0 Å². The molecule has 0 aromatic heterocycles. The van der Waals surface area contributed by atoms with Crippen molar-refractivity contribution in [3.05, 3.63) is 0 Å². The van der Waals surface area contributed by atoms with E-state index in [0.29, 0.717) is 13.1 Å². The SMILES string of the molecule is NCCNC(=O)CF. The number of halogens is 1. The highest BCUT2D eigenvalue weighted by Gasteiger charge is 1.93. The Kier molecular flexibility index (Phi) is 4.16. The fourth-order valence-electron chi connectivity index (χ4n) is 0.259. The van der Waals surface area contributed by atoms with E-state index in [0.717, 1.165) is 0 Å². The zero-order valence-electron chi connectivity index (χ0n) is 4.48. The Hall–Kier alpha value is -0.640. The summed E-state index contributed by atoms with van der Waals surface area (Å²) in [7, 11) is 0. The molecule has 0 rings (SSSR count). The minimum Gasteiger partial charge on any atom is -0.353 e. The van der Waals surface area contributed by atoms with Gasteiger partial charge in [0.1, 0.15) is 0 Å². The van der Waals surface area contributed by atoms with Crippen LogP contribution in [0.2, 0.25) is 0 Å². The molecule has 0 saturated heterocycles. The molecular weight excluding hydrogens is 111 g/mol. The Labute approximate surface area is 47.1 Å². The molecule has 0 atom stereocenters. The van der Waals surface area contributed by atoms with Crippen LogP contribution < -0.4 is 11.1 Å². The molecule has 0 bridgehead atoms. The van der Waals surface area contributed by atoms with Crippen LogP contribution in [0.25, 0.3) is 0 Å². The number of alkyl halides is 1. The Morgan fingerprint density at radius 3 is 2.75 bits per heavy atom. The summed E-state index contributed by atoms with van der Waals surface area (Å²) >= 11 is 0. The van der Waals surface area contributed by atoms with Gasteiger partial charge < -0.3 is 11.1 Å². The van der Waals surface area contributed by atoms with Gasteiger partial charge in [0.05, 0.1) is 0 Å². The number of amides is 1. The first-order chi connectivity index (χ1) is 3.81. The predicted octanol–water partition coefficient (Wildman–Crippen LogP) is -0.969. The van der Waals surface area contributed by atoms with Crippen molar-refractivity contribution in [2.75, 3.05) is 19.8 Å². The molecule has 0 unspecified atom stereocenters. The van der Waals surface area contributed by atoms with Gasteiger partial charge in [0.25, 0.3) is 5.91 Å². The molecule has 3 N–H and O–H groups in total. The quantitative estimate of drug-likeness (QED) is 0.503. The Bertz CT molecular complexity index is 76.4. The third-order valence-electron chi connectivity index (χ3n) is 0.588. The summed E-state index contributed by atoms with van der Waals surface area (Å²) in [5.41, 5.74) is 4.99. The van der Waals surface area contributed by atoms with Crippen molar-refractivity contribution >= 4 is 5.91 Å². The van der Waals surface area contributed by atoms with E-state index < -0.39 is 12.6 Å². The maximum atomic E-state index is 11.3. The Balaban J connectivity index is 2.99. The second kappa shape index (κ2) is 4.52.